The number of carbonyl (C=O) groups is 1. The lowest BCUT2D eigenvalue weighted by atomic mass is 10.2. The molecule has 1 fully saturated rings. The first kappa shape index (κ1) is 10.5. The fourth-order valence-corrected chi connectivity index (χ4v) is 1.40. The molecule has 2 N–H and O–H groups in total. The number of hydrogen-bond acceptors (Lipinski definition) is 3. The summed E-state index contributed by atoms with van der Waals surface area (Å²) in [5.41, 5.74) is 0. The summed E-state index contributed by atoms with van der Waals surface area (Å²) in [6, 6.07) is 0.424. The highest BCUT2D eigenvalue weighted by Crippen LogP contribution is 2.19. The van der Waals surface area contributed by atoms with Crippen molar-refractivity contribution in [3.63, 3.8) is 0 Å². The molecular formula is C9H17NO3. The molecule has 1 saturated heterocycles. The Labute approximate surface area is 78.3 Å². The number of carboxylic acids is 1. The second-order valence-electron chi connectivity index (χ2n) is 3.73. The lowest BCUT2D eigenvalue weighted by Gasteiger charge is -2.14. The van der Waals surface area contributed by atoms with Crippen molar-refractivity contribution in [2.45, 2.75) is 44.9 Å². The van der Waals surface area contributed by atoms with Crippen molar-refractivity contribution >= 4 is 5.97 Å². The van der Waals surface area contributed by atoms with Crippen molar-refractivity contribution in [2.24, 2.45) is 0 Å². The fourth-order valence-electron chi connectivity index (χ4n) is 1.40. The lowest BCUT2D eigenvalue weighted by molar-refractivity contribution is -0.149. The predicted molar refractivity (Wildman–Crippen MR) is 48.7 cm³/mol. The zero-order valence-electron chi connectivity index (χ0n) is 8.12. The van der Waals surface area contributed by atoms with Crippen molar-refractivity contribution < 1.29 is 14.6 Å². The minimum atomic E-state index is -0.841. The maximum Gasteiger partial charge on any atom is 0.332 e. The van der Waals surface area contributed by atoms with E-state index in [0.717, 1.165) is 13.0 Å². The van der Waals surface area contributed by atoms with Crippen molar-refractivity contribution in [2.75, 3.05) is 6.54 Å². The number of rotatable bonds is 4. The minimum Gasteiger partial charge on any atom is -0.479 e. The van der Waals surface area contributed by atoms with Gasteiger partial charge in [0, 0.05) is 12.6 Å². The standard InChI is InChI=1S/C9H17NO3/c1-6(2)10-5-7-3-4-8(13-7)9(11)12/h6-8,10H,3-5H2,1-2H3,(H,11,12). The van der Waals surface area contributed by atoms with E-state index in [1.54, 1.807) is 0 Å². The quantitative estimate of drug-likeness (QED) is 0.677. The molecule has 0 amide bonds. The molecule has 1 aliphatic rings. The number of carboxylic acid groups (broad SMARTS) is 1. The summed E-state index contributed by atoms with van der Waals surface area (Å²) in [6.07, 6.45) is 0.971. The molecule has 1 aliphatic heterocycles. The zero-order valence-corrected chi connectivity index (χ0v) is 8.12. The molecule has 2 atom stereocenters. The molecule has 0 aromatic carbocycles. The summed E-state index contributed by atoms with van der Waals surface area (Å²) >= 11 is 0. The van der Waals surface area contributed by atoms with Crippen LogP contribution in [0.2, 0.25) is 0 Å². The molecule has 76 valence electrons. The van der Waals surface area contributed by atoms with Crippen LogP contribution in [-0.2, 0) is 9.53 Å². The van der Waals surface area contributed by atoms with Gasteiger partial charge in [-0.3, -0.25) is 0 Å². The average Bonchev–Trinajstić information content (AvgIpc) is 2.48. The number of ether oxygens (including phenoxy) is 1. The van der Waals surface area contributed by atoms with E-state index in [1.807, 2.05) is 0 Å². The third-order valence-corrected chi connectivity index (χ3v) is 2.14. The molecule has 1 rings (SSSR count). The van der Waals surface area contributed by atoms with Gasteiger partial charge in [-0.1, -0.05) is 13.8 Å². The van der Waals surface area contributed by atoms with Crippen molar-refractivity contribution in [3.8, 4) is 0 Å². The third-order valence-electron chi connectivity index (χ3n) is 2.14. The number of hydrogen-bond donors (Lipinski definition) is 2. The van der Waals surface area contributed by atoms with Crippen LogP contribution in [0.1, 0.15) is 26.7 Å². The number of aliphatic carboxylic acids is 1. The second-order valence-corrected chi connectivity index (χ2v) is 3.73. The number of nitrogens with one attached hydrogen (secondary N) is 1. The van der Waals surface area contributed by atoms with Gasteiger partial charge in [-0.25, -0.2) is 4.79 Å². The van der Waals surface area contributed by atoms with E-state index in [2.05, 4.69) is 19.2 Å². The average molecular weight is 187 g/mol. The lowest BCUT2D eigenvalue weighted by Crippen LogP contribution is -2.32. The molecule has 0 bridgehead atoms. The predicted octanol–water partition coefficient (Wildman–Crippen LogP) is 0.617. The van der Waals surface area contributed by atoms with Gasteiger partial charge in [-0.15, -0.1) is 0 Å². The monoisotopic (exact) mass is 187 g/mol. The molecule has 4 heteroatoms. The smallest absolute Gasteiger partial charge is 0.332 e. The highest BCUT2D eigenvalue weighted by Gasteiger charge is 2.29. The zero-order chi connectivity index (χ0) is 9.84. The molecule has 0 spiro atoms. The van der Waals surface area contributed by atoms with Gasteiger partial charge >= 0.3 is 5.97 Å². The van der Waals surface area contributed by atoms with Crippen LogP contribution in [0.3, 0.4) is 0 Å². The van der Waals surface area contributed by atoms with E-state index in [1.165, 1.54) is 0 Å². The topological polar surface area (TPSA) is 58.6 Å². The second kappa shape index (κ2) is 4.58. The van der Waals surface area contributed by atoms with Crippen LogP contribution in [0, 0.1) is 0 Å². The highest BCUT2D eigenvalue weighted by atomic mass is 16.5. The Kier molecular flexibility index (Phi) is 3.69. The normalized spacial score (nSPS) is 28.2. The van der Waals surface area contributed by atoms with E-state index in [-0.39, 0.29) is 6.10 Å². The van der Waals surface area contributed by atoms with Crippen molar-refractivity contribution in [1.82, 2.24) is 5.32 Å². The van der Waals surface area contributed by atoms with E-state index in [4.69, 9.17) is 9.84 Å². The molecule has 13 heavy (non-hydrogen) atoms. The van der Waals surface area contributed by atoms with Crippen LogP contribution in [-0.4, -0.2) is 35.9 Å². The molecule has 0 aromatic rings. The molecule has 4 nitrogen and oxygen atoms in total. The van der Waals surface area contributed by atoms with Crippen LogP contribution in [0.4, 0.5) is 0 Å². The third kappa shape index (κ3) is 3.32. The van der Waals surface area contributed by atoms with Gasteiger partial charge in [0.15, 0.2) is 6.10 Å². The summed E-state index contributed by atoms with van der Waals surface area (Å²) < 4.78 is 5.31. The Morgan fingerprint density at radius 1 is 1.62 bits per heavy atom. The summed E-state index contributed by atoms with van der Waals surface area (Å²) in [7, 11) is 0. The Bertz CT molecular complexity index is 182. The van der Waals surface area contributed by atoms with E-state index < -0.39 is 12.1 Å². The molecule has 1 heterocycles. The minimum absolute atomic E-state index is 0.0727. The van der Waals surface area contributed by atoms with Crippen LogP contribution >= 0.6 is 0 Å². The first-order valence-electron chi connectivity index (χ1n) is 4.71. The van der Waals surface area contributed by atoms with Gasteiger partial charge in [-0.05, 0) is 12.8 Å². The summed E-state index contributed by atoms with van der Waals surface area (Å²) in [5, 5.41) is 11.9. The van der Waals surface area contributed by atoms with Crippen LogP contribution < -0.4 is 5.32 Å². The van der Waals surface area contributed by atoms with Crippen LogP contribution in [0.15, 0.2) is 0 Å². The van der Waals surface area contributed by atoms with Gasteiger partial charge in [0.25, 0.3) is 0 Å². The molecule has 2 unspecified atom stereocenters. The van der Waals surface area contributed by atoms with Crippen LogP contribution in [0.5, 0.6) is 0 Å². The van der Waals surface area contributed by atoms with Gasteiger partial charge in [0.1, 0.15) is 0 Å². The fraction of sp³-hybridized carbons (Fsp3) is 0.889. The Morgan fingerprint density at radius 2 is 2.31 bits per heavy atom. The van der Waals surface area contributed by atoms with Crippen molar-refractivity contribution in [1.29, 1.82) is 0 Å². The molecule has 0 aliphatic carbocycles. The molecular weight excluding hydrogens is 170 g/mol. The van der Waals surface area contributed by atoms with Crippen molar-refractivity contribution in [3.05, 3.63) is 0 Å². The maximum absolute atomic E-state index is 10.5. The summed E-state index contributed by atoms with van der Waals surface area (Å²) in [4.78, 5) is 10.5. The van der Waals surface area contributed by atoms with E-state index >= 15 is 0 Å². The maximum atomic E-state index is 10.5. The Balaban J connectivity index is 2.21. The first-order valence-corrected chi connectivity index (χ1v) is 4.71. The van der Waals surface area contributed by atoms with Gasteiger partial charge < -0.3 is 15.2 Å². The summed E-state index contributed by atoms with van der Waals surface area (Å²) in [5.74, 6) is -0.841. The van der Waals surface area contributed by atoms with E-state index in [9.17, 15) is 4.79 Å². The van der Waals surface area contributed by atoms with Gasteiger partial charge in [0.2, 0.25) is 0 Å². The first-order chi connectivity index (χ1) is 6.09. The largest absolute Gasteiger partial charge is 0.479 e. The van der Waals surface area contributed by atoms with E-state index in [0.29, 0.717) is 12.5 Å². The molecule has 0 saturated carbocycles. The summed E-state index contributed by atoms with van der Waals surface area (Å²) in [6.45, 7) is 4.87. The Morgan fingerprint density at radius 3 is 2.77 bits per heavy atom. The molecule has 0 aromatic heterocycles. The van der Waals surface area contributed by atoms with Gasteiger partial charge in [0.05, 0.1) is 6.10 Å². The highest BCUT2D eigenvalue weighted by molar-refractivity contribution is 5.72. The Hall–Kier alpha value is -0.610. The van der Waals surface area contributed by atoms with Crippen LogP contribution in [0.25, 0.3) is 0 Å². The van der Waals surface area contributed by atoms with Gasteiger partial charge in [-0.2, -0.15) is 0 Å². The SMILES string of the molecule is CC(C)NCC1CCC(C(=O)O)O1. The molecule has 0 radical (unpaired) electrons.